The van der Waals surface area contributed by atoms with Gasteiger partial charge in [0.15, 0.2) is 11.9 Å². The number of aliphatic imine (C=N–C) groups is 1. The Balaban J connectivity index is 2.22. The summed E-state index contributed by atoms with van der Waals surface area (Å²) in [5, 5.41) is 24.2. The monoisotopic (exact) mass is 400 g/mol. The lowest BCUT2D eigenvalue weighted by atomic mass is 10.1. The van der Waals surface area contributed by atoms with Gasteiger partial charge in [0.05, 0.1) is 16.6 Å². The number of nitrogens with zero attached hydrogens (tertiary/aromatic N) is 2. The molecule has 8 heteroatoms. The third kappa shape index (κ3) is 5.34. The number of aliphatic hydroxyl groups is 1. The fourth-order valence-corrected chi connectivity index (χ4v) is 2.76. The van der Waals surface area contributed by atoms with Crippen molar-refractivity contribution in [3.63, 3.8) is 0 Å². The fraction of sp³-hybridized carbons (Fsp3) is 0.176. The van der Waals surface area contributed by atoms with E-state index in [9.17, 15) is 10.2 Å². The number of hydrogen-bond acceptors (Lipinski definition) is 5. The predicted molar refractivity (Wildman–Crippen MR) is 102 cm³/mol. The largest absolute Gasteiger partial charge is 0.505 e. The summed E-state index contributed by atoms with van der Waals surface area (Å²) in [5.41, 5.74) is 1.19. The SMILES string of the molecule is C=NOC(=NCc1cc(Cl)c(O)c(Cl)c1)C(O)C1=CCC=C(Cl)C=C1. The second-order valence-corrected chi connectivity index (χ2v) is 6.30. The van der Waals surface area contributed by atoms with E-state index in [1.165, 1.54) is 12.1 Å². The average molecular weight is 402 g/mol. The van der Waals surface area contributed by atoms with E-state index in [-0.39, 0.29) is 28.2 Å². The Labute approximate surface area is 160 Å². The second kappa shape index (κ2) is 9.06. The van der Waals surface area contributed by atoms with Gasteiger partial charge in [0.2, 0.25) is 0 Å². The number of halogens is 3. The normalized spacial score (nSPS) is 15.9. The first-order valence-electron chi connectivity index (χ1n) is 7.18. The van der Waals surface area contributed by atoms with Gasteiger partial charge >= 0.3 is 0 Å². The van der Waals surface area contributed by atoms with Crippen LogP contribution in [0, 0.1) is 0 Å². The van der Waals surface area contributed by atoms with E-state index in [1.807, 2.05) is 6.08 Å². The number of rotatable bonds is 5. The van der Waals surface area contributed by atoms with Crippen molar-refractivity contribution in [2.45, 2.75) is 19.1 Å². The zero-order valence-corrected chi connectivity index (χ0v) is 15.3. The van der Waals surface area contributed by atoms with Crippen LogP contribution in [0.1, 0.15) is 12.0 Å². The van der Waals surface area contributed by atoms with Gasteiger partial charge in [-0.15, -0.1) is 0 Å². The summed E-state index contributed by atoms with van der Waals surface area (Å²) in [6.07, 6.45) is 6.38. The van der Waals surface area contributed by atoms with Crippen molar-refractivity contribution in [1.82, 2.24) is 0 Å². The molecule has 0 bridgehead atoms. The third-order valence-corrected chi connectivity index (χ3v) is 4.16. The van der Waals surface area contributed by atoms with Crippen molar-refractivity contribution < 1.29 is 15.1 Å². The highest BCUT2D eigenvalue weighted by molar-refractivity contribution is 6.37. The van der Waals surface area contributed by atoms with E-state index in [1.54, 1.807) is 18.2 Å². The molecule has 0 radical (unpaired) electrons. The minimum atomic E-state index is -1.14. The summed E-state index contributed by atoms with van der Waals surface area (Å²) in [6.45, 7) is 3.35. The molecule has 1 aliphatic rings. The smallest absolute Gasteiger partial charge is 0.253 e. The predicted octanol–water partition coefficient (Wildman–Crippen LogP) is 4.60. The van der Waals surface area contributed by atoms with Crippen LogP contribution in [-0.2, 0) is 11.4 Å². The van der Waals surface area contributed by atoms with Crippen LogP contribution in [0.3, 0.4) is 0 Å². The summed E-state index contributed by atoms with van der Waals surface area (Å²) < 4.78 is 0. The summed E-state index contributed by atoms with van der Waals surface area (Å²) in [7, 11) is 0. The van der Waals surface area contributed by atoms with Gasteiger partial charge in [-0.05, 0) is 35.8 Å². The molecule has 0 saturated carbocycles. The van der Waals surface area contributed by atoms with Crippen LogP contribution in [0.5, 0.6) is 5.75 Å². The lowest BCUT2D eigenvalue weighted by molar-refractivity contribution is 0.217. The summed E-state index contributed by atoms with van der Waals surface area (Å²) in [4.78, 5) is 9.21. The Morgan fingerprint density at radius 3 is 2.52 bits per heavy atom. The lowest BCUT2D eigenvalue weighted by Gasteiger charge is -2.13. The Morgan fingerprint density at radius 1 is 1.20 bits per heavy atom. The minimum absolute atomic E-state index is 0.0377. The van der Waals surface area contributed by atoms with E-state index in [2.05, 4.69) is 16.9 Å². The first-order chi connectivity index (χ1) is 11.9. The van der Waals surface area contributed by atoms with Crippen molar-refractivity contribution in [2.24, 2.45) is 10.1 Å². The quantitative estimate of drug-likeness (QED) is 0.430. The molecule has 1 aliphatic carbocycles. The third-order valence-electron chi connectivity index (χ3n) is 3.30. The number of benzene rings is 1. The molecule has 5 nitrogen and oxygen atoms in total. The second-order valence-electron chi connectivity index (χ2n) is 5.05. The van der Waals surface area contributed by atoms with Crippen LogP contribution in [0.2, 0.25) is 10.0 Å². The summed E-state index contributed by atoms with van der Waals surface area (Å²) >= 11 is 17.7. The van der Waals surface area contributed by atoms with Crippen LogP contribution >= 0.6 is 34.8 Å². The average Bonchev–Trinajstić information content (AvgIpc) is 2.80. The van der Waals surface area contributed by atoms with Gasteiger partial charge < -0.3 is 15.1 Å². The van der Waals surface area contributed by atoms with Gasteiger partial charge in [0.1, 0.15) is 0 Å². The number of hydrogen-bond donors (Lipinski definition) is 2. The van der Waals surface area contributed by atoms with Gasteiger partial charge in [-0.2, -0.15) is 0 Å². The van der Waals surface area contributed by atoms with Gasteiger partial charge in [-0.25, -0.2) is 4.99 Å². The minimum Gasteiger partial charge on any atom is -0.505 e. The van der Waals surface area contributed by atoms with E-state index in [0.29, 0.717) is 22.6 Å². The molecule has 1 aromatic carbocycles. The summed E-state index contributed by atoms with van der Waals surface area (Å²) in [5.74, 6) is -0.234. The molecule has 0 saturated heterocycles. The van der Waals surface area contributed by atoms with Crippen LogP contribution in [0.15, 0.2) is 57.2 Å². The van der Waals surface area contributed by atoms with Crippen molar-refractivity contribution in [2.75, 3.05) is 0 Å². The van der Waals surface area contributed by atoms with Crippen LogP contribution in [0.4, 0.5) is 0 Å². The Morgan fingerprint density at radius 2 is 1.88 bits per heavy atom. The van der Waals surface area contributed by atoms with Crippen molar-refractivity contribution >= 4 is 47.4 Å². The molecule has 0 aromatic heterocycles. The molecular formula is C17H15Cl3N2O3. The maximum atomic E-state index is 10.5. The van der Waals surface area contributed by atoms with Gasteiger partial charge in [0, 0.05) is 11.7 Å². The first kappa shape index (κ1) is 19.5. The standard InChI is InChI=1S/C17H15Cl3N2O3/c1-21-25-17(15(23)11-3-2-4-12(18)6-5-11)22-9-10-7-13(19)16(24)14(20)8-10/h3-8,15,23-24H,1-2,9H2. The maximum Gasteiger partial charge on any atom is 0.253 e. The number of phenolic OH excluding ortho intramolecular Hbond substituents is 1. The molecule has 0 amide bonds. The highest BCUT2D eigenvalue weighted by Gasteiger charge is 2.19. The Hall–Kier alpha value is -1.79. The molecule has 1 atom stereocenters. The number of allylic oxidation sites excluding steroid dienone is 4. The zero-order valence-electron chi connectivity index (χ0n) is 13.0. The van der Waals surface area contributed by atoms with E-state index in [0.717, 1.165) is 0 Å². The van der Waals surface area contributed by atoms with Gasteiger partial charge in [-0.3, -0.25) is 0 Å². The topological polar surface area (TPSA) is 74.4 Å². The van der Waals surface area contributed by atoms with Crippen LogP contribution in [-0.4, -0.2) is 28.9 Å². The molecule has 2 rings (SSSR count). The molecule has 25 heavy (non-hydrogen) atoms. The number of aromatic hydroxyl groups is 1. The number of aliphatic hydroxyl groups excluding tert-OH is 1. The fourth-order valence-electron chi connectivity index (χ4n) is 2.07. The Kier molecular flexibility index (Phi) is 7.08. The molecule has 132 valence electrons. The molecule has 2 N–H and O–H groups in total. The van der Waals surface area contributed by atoms with Crippen molar-refractivity contribution in [3.8, 4) is 5.75 Å². The van der Waals surface area contributed by atoms with E-state index >= 15 is 0 Å². The van der Waals surface area contributed by atoms with Crippen molar-refractivity contribution in [1.29, 1.82) is 0 Å². The molecule has 1 unspecified atom stereocenters. The van der Waals surface area contributed by atoms with Crippen LogP contribution in [0.25, 0.3) is 0 Å². The number of oxime groups is 1. The highest BCUT2D eigenvalue weighted by atomic mass is 35.5. The molecule has 1 aromatic rings. The molecular weight excluding hydrogens is 387 g/mol. The molecule has 0 fully saturated rings. The molecule has 0 aliphatic heterocycles. The first-order valence-corrected chi connectivity index (χ1v) is 8.32. The highest BCUT2D eigenvalue weighted by Crippen LogP contribution is 2.33. The zero-order chi connectivity index (χ0) is 18.4. The van der Waals surface area contributed by atoms with Gasteiger partial charge in [-0.1, -0.05) is 58.2 Å². The summed E-state index contributed by atoms with van der Waals surface area (Å²) in [6, 6.07) is 3.04. The van der Waals surface area contributed by atoms with Crippen molar-refractivity contribution in [3.05, 3.63) is 62.7 Å². The van der Waals surface area contributed by atoms with E-state index in [4.69, 9.17) is 39.6 Å². The van der Waals surface area contributed by atoms with E-state index < -0.39 is 6.10 Å². The van der Waals surface area contributed by atoms with Crippen LogP contribution < -0.4 is 0 Å². The maximum absolute atomic E-state index is 10.5. The molecule has 0 heterocycles. The number of phenols is 1. The lowest BCUT2D eigenvalue weighted by Crippen LogP contribution is -2.23. The molecule has 0 spiro atoms. The van der Waals surface area contributed by atoms with Gasteiger partial charge in [0.25, 0.3) is 5.90 Å². The Bertz CT molecular complexity index is 762.